The van der Waals surface area contributed by atoms with Crippen LogP contribution in [0.5, 0.6) is 0 Å². The van der Waals surface area contributed by atoms with Crippen molar-refractivity contribution in [2.75, 3.05) is 19.8 Å². The first-order chi connectivity index (χ1) is 47.8. The standard InChI is InChI=1S/C38H54O15.C35H50O14/c1-7-8-10-20(2)11-9-12-21(3)13-14-23-22(4)29(42)24(17-38(23,5)6)50-28(41)16-15-27(40)49-19-26-35(32(45)33(46)36(48)51-26)53-37-34(47)31(44)30(43)25(18-39)52-37;1-7-17(2)9-8-10-18(3)11-12-20-19(4)25(39)22(15-35(20,5)6)46-24(38)14-13-21(37)31-32(28(42)29(43)33(45)48-31)49-34-30(44)27(41)26(40)23(16-36)47-34/h7-14,24-26,30-37,39,43-48H,15-19H2,1-6H3;7-12,22-23,26-34,36,40-45H,13-16H2,1-6H3/b8-7+,11-9+,14-13+,20-10+,21-12+;9-8+,12-11+,17-7+,18-10+. The zero-order valence-electron chi connectivity index (χ0n) is 59.5. The molecule has 102 heavy (non-hydrogen) atoms. The molecular weight excluding hydrogens is 1340 g/mol. The zero-order chi connectivity index (χ0) is 76.4. The Balaban J connectivity index is 0.000000368. The van der Waals surface area contributed by atoms with E-state index in [2.05, 4.69) is 0 Å². The van der Waals surface area contributed by atoms with Crippen molar-refractivity contribution < 1.29 is 143 Å². The molecule has 0 saturated carbocycles. The van der Waals surface area contributed by atoms with Gasteiger partial charge < -0.3 is 114 Å². The minimum Gasteiger partial charge on any atom is -0.463 e. The molecule has 0 aromatic heterocycles. The lowest BCUT2D eigenvalue weighted by Crippen LogP contribution is -2.65. The Morgan fingerprint density at radius 2 is 0.873 bits per heavy atom. The molecule has 4 aliphatic heterocycles. The van der Waals surface area contributed by atoms with Crippen LogP contribution in [0, 0.1) is 10.8 Å². The fraction of sp³-hybridized carbons (Fsp3) is 0.616. The molecule has 14 N–H and O–H groups in total. The third-order valence-electron chi connectivity index (χ3n) is 18.3. The second-order valence-corrected chi connectivity index (χ2v) is 27.3. The van der Waals surface area contributed by atoms with Crippen LogP contribution in [0.25, 0.3) is 0 Å². The number of allylic oxidation sites excluding steroid dienone is 20. The summed E-state index contributed by atoms with van der Waals surface area (Å²) in [7, 11) is 0. The molecule has 22 atom stereocenters. The number of ether oxygens (including phenoxy) is 9. The Morgan fingerprint density at radius 1 is 0.471 bits per heavy atom. The van der Waals surface area contributed by atoms with E-state index in [1.54, 1.807) is 13.8 Å². The molecule has 6 rings (SSSR count). The fourth-order valence-electron chi connectivity index (χ4n) is 12.0. The Bertz CT molecular complexity index is 3250. The summed E-state index contributed by atoms with van der Waals surface area (Å²) in [5.41, 5.74) is 5.65. The number of carbonyl (C=O) groups excluding carboxylic acids is 6. The molecule has 4 fully saturated rings. The molecule has 4 saturated heterocycles. The van der Waals surface area contributed by atoms with Gasteiger partial charge >= 0.3 is 17.9 Å². The van der Waals surface area contributed by atoms with Crippen LogP contribution in [0.15, 0.2) is 130 Å². The van der Waals surface area contributed by atoms with Gasteiger partial charge in [-0.2, -0.15) is 0 Å². The molecule has 6 aliphatic rings. The first kappa shape index (κ1) is 86.4. The van der Waals surface area contributed by atoms with Crippen molar-refractivity contribution in [2.24, 2.45) is 10.8 Å². The summed E-state index contributed by atoms with van der Waals surface area (Å²) in [5, 5.41) is 141. The number of aliphatic hydroxyl groups is 14. The van der Waals surface area contributed by atoms with Crippen LogP contribution in [-0.4, -0.2) is 262 Å². The summed E-state index contributed by atoms with van der Waals surface area (Å²) in [5.74, 6) is -4.15. The van der Waals surface area contributed by atoms with Crippen molar-refractivity contribution in [3.05, 3.63) is 130 Å². The van der Waals surface area contributed by atoms with E-state index in [0.29, 0.717) is 11.1 Å². The van der Waals surface area contributed by atoms with Gasteiger partial charge in [0.2, 0.25) is 0 Å². The number of aliphatic hydroxyl groups excluding tert-OH is 14. The summed E-state index contributed by atoms with van der Waals surface area (Å²) < 4.78 is 48.3. The molecular formula is C73H104O29. The van der Waals surface area contributed by atoms with Crippen LogP contribution in [-0.2, 0) is 71.4 Å². The molecule has 29 heteroatoms. The maximum Gasteiger partial charge on any atom is 0.307 e. The second kappa shape index (κ2) is 39.2. The van der Waals surface area contributed by atoms with Crippen LogP contribution >= 0.6 is 0 Å². The summed E-state index contributed by atoms with van der Waals surface area (Å²) in [6.45, 7) is 20.7. The van der Waals surface area contributed by atoms with Crippen molar-refractivity contribution in [2.45, 2.75) is 257 Å². The van der Waals surface area contributed by atoms with Gasteiger partial charge in [0.25, 0.3) is 0 Å². The molecule has 0 bridgehead atoms. The average molecular weight is 1450 g/mol. The average Bonchev–Trinajstić information content (AvgIpc) is 0.802. The fourth-order valence-corrected chi connectivity index (χ4v) is 12.0. The van der Waals surface area contributed by atoms with E-state index < -0.39 is 215 Å². The smallest absolute Gasteiger partial charge is 0.307 e. The van der Waals surface area contributed by atoms with Gasteiger partial charge in [-0.25, -0.2) is 0 Å². The van der Waals surface area contributed by atoms with Gasteiger partial charge in [0.05, 0.1) is 32.5 Å². The Kier molecular flexibility index (Phi) is 33.2. The number of rotatable bonds is 26. The molecule has 0 radical (unpaired) electrons. The highest BCUT2D eigenvalue weighted by Gasteiger charge is 2.54. The third kappa shape index (κ3) is 23.1. The van der Waals surface area contributed by atoms with E-state index in [1.165, 1.54) is 0 Å². The molecule has 0 amide bonds. The summed E-state index contributed by atoms with van der Waals surface area (Å²) in [4.78, 5) is 77.9. The van der Waals surface area contributed by atoms with Crippen LogP contribution < -0.4 is 0 Å². The Morgan fingerprint density at radius 3 is 1.32 bits per heavy atom. The highest BCUT2D eigenvalue weighted by Crippen LogP contribution is 2.43. The summed E-state index contributed by atoms with van der Waals surface area (Å²) >= 11 is 0. The first-order valence-corrected chi connectivity index (χ1v) is 33.7. The van der Waals surface area contributed by atoms with Gasteiger partial charge in [0.1, 0.15) is 104 Å². The van der Waals surface area contributed by atoms with Crippen LogP contribution in [0.4, 0.5) is 0 Å². The number of esters is 3. The number of Topliss-reactive ketones (excluding diaryl/α,β-unsaturated/α-hetero) is 3. The van der Waals surface area contributed by atoms with Gasteiger partial charge in [-0.3, -0.25) is 28.8 Å². The van der Waals surface area contributed by atoms with Gasteiger partial charge in [0.15, 0.2) is 54.7 Å². The zero-order valence-corrected chi connectivity index (χ0v) is 59.5. The second-order valence-electron chi connectivity index (χ2n) is 27.3. The SMILES string of the molecule is C/C=C(C)/C=C/C=C(C)/C=C/C1=C(C)C(=O)C(OC(=O)CCC(=O)C2OC(O)C(O)C(O)C2OC2OC(CO)C(O)C(O)C2O)CC1(C)C.C/C=C/C=C(C)/C=C/C=C(C)/C=C/C1=C(C)C(=O)C(OC(=O)CCC(=O)OCC2OC(O)C(O)C(O)C2OC2OC(CO)C(O)C(O)C2O)CC1(C)C. The van der Waals surface area contributed by atoms with E-state index in [1.807, 2.05) is 154 Å². The van der Waals surface area contributed by atoms with E-state index in [4.69, 9.17) is 42.6 Å². The quantitative estimate of drug-likeness (QED) is 0.0326. The van der Waals surface area contributed by atoms with Crippen molar-refractivity contribution >= 4 is 35.3 Å². The van der Waals surface area contributed by atoms with E-state index >= 15 is 0 Å². The molecule has 29 nitrogen and oxygen atoms in total. The van der Waals surface area contributed by atoms with E-state index in [9.17, 15) is 100 Å². The number of hydrogen-bond donors (Lipinski definition) is 14. The highest BCUT2D eigenvalue weighted by molar-refractivity contribution is 6.02. The van der Waals surface area contributed by atoms with Gasteiger partial charge in [-0.1, -0.05) is 135 Å². The van der Waals surface area contributed by atoms with Crippen LogP contribution in [0.2, 0.25) is 0 Å². The third-order valence-corrected chi connectivity index (χ3v) is 18.3. The summed E-state index contributed by atoms with van der Waals surface area (Å²) in [6, 6.07) is 0. The molecule has 22 unspecified atom stereocenters. The number of hydrogen-bond acceptors (Lipinski definition) is 29. The maximum absolute atomic E-state index is 13.3. The normalized spacial score (nSPS) is 35.2. The Labute approximate surface area is 593 Å². The van der Waals surface area contributed by atoms with Gasteiger partial charge in [-0.15, -0.1) is 0 Å². The van der Waals surface area contributed by atoms with Crippen molar-refractivity contribution in [3.63, 3.8) is 0 Å². The minimum absolute atomic E-state index is 0.197. The van der Waals surface area contributed by atoms with Gasteiger partial charge in [-0.05, 0) is 88.5 Å². The van der Waals surface area contributed by atoms with Crippen LogP contribution in [0.3, 0.4) is 0 Å². The maximum atomic E-state index is 13.3. The molecule has 4 heterocycles. The largest absolute Gasteiger partial charge is 0.463 e. The lowest BCUT2D eigenvalue weighted by atomic mass is 9.71. The van der Waals surface area contributed by atoms with Crippen molar-refractivity contribution in [1.82, 2.24) is 0 Å². The van der Waals surface area contributed by atoms with E-state index in [-0.39, 0.29) is 24.4 Å². The van der Waals surface area contributed by atoms with Crippen LogP contribution in [0.1, 0.15) is 122 Å². The lowest BCUT2D eigenvalue weighted by Gasteiger charge is -2.45. The van der Waals surface area contributed by atoms with E-state index in [0.717, 1.165) is 33.4 Å². The van der Waals surface area contributed by atoms with Crippen molar-refractivity contribution in [3.8, 4) is 0 Å². The minimum atomic E-state index is -2.02. The predicted molar refractivity (Wildman–Crippen MR) is 362 cm³/mol. The predicted octanol–water partition coefficient (Wildman–Crippen LogP) is 0.954. The molecule has 570 valence electrons. The lowest BCUT2D eigenvalue weighted by molar-refractivity contribution is -0.355. The molecule has 0 aromatic carbocycles. The van der Waals surface area contributed by atoms with Crippen molar-refractivity contribution in [1.29, 1.82) is 0 Å². The first-order valence-electron chi connectivity index (χ1n) is 33.7. The number of ketones is 3. The molecule has 0 spiro atoms. The monoisotopic (exact) mass is 1440 g/mol. The highest BCUT2D eigenvalue weighted by atomic mass is 16.7. The molecule has 2 aliphatic carbocycles. The Hall–Kier alpha value is -6.24. The topological polar surface area (TPSA) is 469 Å². The summed E-state index contributed by atoms with van der Waals surface area (Å²) in [6.07, 6.45) is -11.7. The number of carbonyl (C=O) groups is 6. The van der Waals surface area contributed by atoms with Gasteiger partial charge in [0, 0.05) is 19.3 Å². The molecule has 0 aromatic rings.